The van der Waals surface area contributed by atoms with Crippen LogP contribution in [0.5, 0.6) is 0 Å². The highest BCUT2D eigenvalue weighted by Crippen LogP contribution is 2.28. The Morgan fingerprint density at radius 3 is 2.89 bits per heavy atom. The summed E-state index contributed by atoms with van der Waals surface area (Å²) in [5, 5.41) is 12.2. The van der Waals surface area contributed by atoms with Crippen LogP contribution in [0, 0.1) is 0 Å². The molecular weight excluding hydrogens is 254 g/mol. The van der Waals surface area contributed by atoms with Crippen LogP contribution in [0.4, 0.5) is 5.82 Å². The van der Waals surface area contributed by atoms with Crippen LogP contribution >= 0.6 is 11.6 Å². The third kappa shape index (κ3) is 2.91. The summed E-state index contributed by atoms with van der Waals surface area (Å²) in [6, 6.07) is 3.48. The maximum absolute atomic E-state index is 12.3. The fourth-order valence-electron chi connectivity index (χ4n) is 1.86. The Bertz CT molecular complexity index is 449. The van der Waals surface area contributed by atoms with Crippen molar-refractivity contribution in [3.8, 4) is 0 Å². The van der Waals surface area contributed by atoms with E-state index < -0.39 is 0 Å². The average molecular weight is 270 g/mol. The van der Waals surface area contributed by atoms with Crippen LogP contribution in [0.15, 0.2) is 12.1 Å². The molecule has 6 heteroatoms. The van der Waals surface area contributed by atoms with Crippen molar-refractivity contribution < 1.29 is 9.90 Å². The molecule has 5 nitrogen and oxygen atoms in total. The zero-order valence-electron chi connectivity index (χ0n) is 10.2. The fourth-order valence-corrected chi connectivity index (χ4v) is 2.07. The van der Waals surface area contributed by atoms with Crippen LogP contribution in [0.3, 0.4) is 0 Å². The smallest absolute Gasteiger partial charge is 0.254 e. The van der Waals surface area contributed by atoms with Gasteiger partial charge in [-0.25, -0.2) is 4.98 Å². The van der Waals surface area contributed by atoms with Gasteiger partial charge in [-0.15, -0.1) is 0 Å². The molecule has 1 fully saturated rings. The predicted octanol–water partition coefficient (Wildman–Crippen LogP) is 1.37. The van der Waals surface area contributed by atoms with Crippen molar-refractivity contribution in [3.63, 3.8) is 0 Å². The number of carbonyl (C=O) groups excluding carboxylic acids is 1. The number of carbonyl (C=O) groups is 1. The van der Waals surface area contributed by atoms with E-state index in [1.165, 1.54) is 0 Å². The molecule has 1 saturated carbocycles. The number of pyridine rings is 1. The van der Waals surface area contributed by atoms with E-state index in [0.717, 1.165) is 12.8 Å². The summed E-state index contributed by atoms with van der Waals surface area (Å²) in [6.07, 6.45) is 2.01. The minimum atomic E-state index is -0.104. The number of aliphatic hydroxyl groups excluding tert-OH is 1. The lowest BCUT2D eigenvalue weighted by Crippen LogP contribution is -2.35. The first-order valence-corrected chi connectivity index (χ1v) is 6.30. The number of aromatic nitrogens is 1. The van der Waals surface area contributed by atoms with Crippen molar-refractivity contribution >= 4 is 23.3 Å². The van der Waals surface area contributed by atoms with Gasteiger partial charge in [-0.2, -0.15) is 0 Å². The predicted molar refractivity (Wildman–Crippen MR) is 69.9 cm³/mol. The highest BCUT2D eigenvalue weighted by Gasteiger charge is 2.32. The number of rotatable bonds is 5. The standard InChI is InChI=1S/C12H16ClN3O2/c1-14-11-7-8(6-10(13)15-11)12(18)16(4-5-17)9-2-3-9/h6-7,9,17H,2-5H2,1H3,(H,14,15). The zero-order chi connectivity index (χ0) is 13.1. The summed E-state index contributed by atoms with van der Waals surface area (Å²) in [7, 11) is 1.72. The van der Waals surface area contributed by atoms with Gasteiger partial charge in [-0.1, -0.05) is 11.6 Å². The molecule has 1 amide bonds. The molecule has 0 atom stereocenters. The summed E-state index contributed by atoms with van der Waals surface area (Å²) in [6.45, 7) is 0.332. The lowest BCUT2D eigenvalue weighted by Gasteiger charge is -2.21. The Morgan fingerprint density at radius 2 is 2.33 bits per heavy atom. The van der Waals surface area contributed by atoms with Crippen molar-refractivity contribution in [3.05, 3.63) is 22.8 Å². The van der Waals surface area contributed by atoms with Gasteiger partial charge in [-0.3, -0.25) is 4.79 Å². The van der Waals surface area contributed by atoms with Gasteiger partial charge in [0, 0.05) is 25.2 Å². The van der Waals surface area contributed by atoms with Crippen LogP contribution in [-0.2, 0) is 0 Å². The molecule has 0 spiro atoms. The van der Waals surface area contributed by atoms with E-state index in [9.17, 15) is 4.79 Å². The molecule has 1 aliphatic rings. The maximum atomic E-state index is 12.3. The first-order chi connectivity index (χ1) is 8.65. The molecule has 0 aromatic carbocycles. The lowest BCUT2D eigenvalue weighted by atomic mass is 10.2. The third-order valence-electron chi connectivity index (χ3n) is 2.89. The number of anilines is 1. The van der Waals surface area contributed by atoms with Gasteiger partial charge < -0.3 is 15.3 Å². The average Bonchev–Trinajstić information content (AvgIpc) is 3.18. The summed E-state index contributed by atoms with van der Waals surface area (Å²) < 4.78 is 0. The first-order valence-electron chi connectivity index (χ1n) is 5.93. The van der Waals surface area contributed by atoms with Crippen LogP contribution < -0.4 is 5.32 Å². The van der Waals surface area contributed by atoms with Gasteiger partial charge >= 0.3 is 0 Å². The number of hydrogen-bond donors (Lipinski definition) is 2. The highest BCUT2D eigenvalue weighted by molar-refractivity contribution is 6.29. The Labute approximate surface area is 111 Å². The van der Waals surface area contributed by atoms with Crippen molar-refractivity contribution in [2.24, 2.45) is 0 Å². The summed E-state index contributed by atoms with van der Waals surface area (Å²) in [4.78, 5) is 18.1. The van der Waals surface area contributed by atoms with Gasteiger partial charge in [0.15, 0.2) is 0 Å². The second-order valence-electron chi connectivity index (χ2n) is 4.27. The molecule has 1 aromatic rings. The van der Waals surface area contributed by atoms with Crippen LogP contribution in [0.1, 0.15) is 23.2 Å². The topological polar surface area (TPSA) is 65.5 Å². The molecule has 0 unspecified atom stereocenters. The molecule has 0 aliphatic heterocycles. The van der Waals surface area contributed by atoms with E-state index in [-0.39, 0.29) is 23.7 Å². The monoisotopic (exact) mass is 269 g/mol. The number of aliphatic hydroxyl groups is 1. The van der Waals surface area contributed by atoms with Crippen molar-refractivity contribution in [1.82, 2.24) is 9.88 Å². The molecule has 2 rings (SSSR count). The molecule has 0 bridgehead atoms. The Balaban J connectivity index is 2.23. The quantitative estimate of drug-likeness (QED) is 0.793. The fraction of sp³-hybridized carbons (Fsp3) is 0.500. The second kappa shape index (κ2) is 5.54. The Hall–Kier alpha value is -1.33. The van der Waals surface area contributed by atoms with Gasteiger partial charge in [0.1, 0.15) is 11.0 Å². The summed E-state index contributed by atoms with van der Waals surface area (Å²) >= 11 is 5.88. The number of amides is 1. The highest BCUT2D eigenvalue weighted by atomic mass is 35.5. The van der Waals surface area contributed by atoms with Crippen molar-refractivity contribution in [2.75, 3.05) is 25.5 Å². The molecule has 1 aromatic heterocycles. The van der Waals surface area contributed by atoms with E-state index in [0.29, 0.717) is 17.9 Å². The molecule has 98 valence electrons. The molecule has 2 N–H and O–H groups in total. The van der Waals surface area contributed by atoms with E-state index in [2.05, 4.69) is 10.3 Å². The number of nitrogens with zero attached hydrogens (tertiary/aromatic N) is 2. The molecule has 1 aliphatic carbocycles. The number of halogens is 1. The van der Waals surface area contributed by atoms with Crippen LogP contribution in [0.2, 0.25) is 5.15 Å². The Kier molecular flexibility index (Phi) is 4.04. The summed E-state index contributed by atoms with van der Waals surface area (Å²) in [5.41, 5.74) is 0.500. The molecule has 0 saturated heterocycles. The number of nitrogens with one attached hydrogen (secondary N) is 1. The van der Waals surface area contributed by atoms with Gasteiger partial charge in [0.25, 0.3) is 5.91 Å². The molecule has 18 heavy (non-hydrogen) atoms. The first kappa shape index (κ1) is 13.1. The SMILES string of the molecule is CNc1cc(C(=O)N(CCO)C2CC2)cc(Cl)n1. The van der Waals surface area contributed by atoms with E-state index in [4.69, 9.17) is 16.7 Å². The van der Waals surface area contributed by atoms with E-state index in [1.54, 1.807) is 24.1 Å². The molecule has 0 radical (unpaired) electrons. The number of hydrogen-bond acceptors (Lipinski definition) is 4. The molecular formula is C12H16ClN3O2. The van der Waals surface area contributed by atoms with Crippen LogP contribution in [0.25, 0.3) is 0 Å². The minimum Gasteiger partial charge on any atom is -0.395 e. The third-order valence-corrected chi connectivity index (χ3v) is 3.08. The summed E-state index contributed by atoms with van der Waals surface area (Å²) in [5.74, 6) is 0.456. The minimum absolute atomic E-state index is 0.0278. The lowest BCUT2D eigenvalue weighted by molar-refractivity contribution is 0.0707. The largest absolute Gasteiger partial charge is 0.395 e. The van der Waals surface area contributed by atoms with E-state index in [1.807, 2.05) is 0 Å². The maximum Gasteiger partial charge on any atom is 0.254 e. The van der Waals surface area contributed by atoms with Gasteiger partial charge in [-0.05, 0) is 25.0 Å². The normalized spacial score (nSPS) is 14.4. The van der Waals surface area contributed by atoms with Crippen LogP contribution in [-0.4, -0.2) is 47.1 Å². The van der Waals surface area contributed by atoms with E-state index >= 15 is 0 Å². The zero-order valence-corrected chi connectivity index (χ0v) is 10.9. The second-order valence-corrected chi connectivity index (χ2v) is 4.65. The van der Waals surface area contributed by atoms with Gasteiger partial charge in [0.05, 0.1) is 6.61 Å². The van der Waals surface area contributed by atoms with Crippen molar-refractivity contribution in [2.45, 2.75) is 18.9 Å². The van der Waals surface area contributed by atoms with Gasteiger partial charge in [0.2, 0.25) is 0 Å². The Morgan fingerprint density at radius 1 is 1.61 bits per heavy atom. The van der Waals surface area contributed by atoms with Crippen molar-refractivity contribution in [1.29, 1.82) is 0 Å². The molecule has 1 heterocycles.